The topological polar surface area (TPSA) is 76.0 Å². The number of hydrogen-bond donors (Lipinski definition) is 2. The molecule has 0 atom stereocenters. The number of aliphatic hydroxyl groups is 1. The normalized spacial score (nSPS) is 11.1. The number of carbonyl (C=O) groups is 1. The summed E-state index contributed by atoms with van der Waals surface area (Å²) in [7, 11) is 2.63. The molecule has 0 aliphatic rings. The van der Waals surface area contributed by atoms with Gasteiger partial charge in [0.05, 0.1) is 19.8 Å². The summed E-state index contributed by atoms with van der Waals surface area (Å²) in [5, 5.41) is 19.6. The summed E-state index contributed by atoms with van der Waals surface area (Å²) in [6.45, 7) is 3.02. The summed E-state index contributed by atoms with van der Waals surface area (Å²) in [5.74, 6) is -0.531. The molecule has 1 rings (SSSR count). The van der Waals surface area contributed by atoms with Crippen LogP contribution in [0.15, 0.2) is 12.1 Å². The SMILES string of the molecule is COC(=O)c1cc(C(C)(C)O)c(O)cc1OC. The molecular weight excluding hydrogens is 224 g/mol. The van der Waals surface area contributed by atoms with Gasteiger partial charge in [-0.25, -0.2) is 4.79 Å². The second-order valence-electron chi connectivity index (χ2n) is 4.12. The molecule has 17 heavy (non-hydrogen) atoms. The Kier molecular flexibility index (Phi) is 3.63. The maximum Gasteiger partial charge on any atom is 0.341 e. The van der Waals surface area contributed by atoms with Crippen LogP contribution >= 0.6 is 0 Å². The fraction of sp³-hybridized carbons (Fsp3) is 0.417. The lowest BCUT2D eigenvalue weighted by Gasteiger charge is -2.20. The average molecular weight is 240 g/mol. The highest BCUT2D eigenvalue weighted by molar-refractivity contribution is 5.93. The Labute approximate surface area is 99.6 Å². The number of carbonyl (C=O) groups excluding carboxylic acids is 1. The molecule has 0 saturated carbocycles. The number of ether oxygens (including phenoxy) is 2. The van der Waals surface area contributed by atoms with Crippen LogP contribution in [0.1, 0.15) is 29.8 Å². The van der Waals surface area contributed by atoms with Crippen molar-refractivity contribution in [2.45, 2.75) is 19.4 Å². The maximum atomic E-state index is 11.5. The van der Waals surface area contributed by atoms with Gasteiger partial charge in [0.1, 0.15) is 17.1 Å². The Bertz CT molecular complexity index is 431. The molecule has 1 aromatic rings. The number of rotatable bonds is 3. The lowest BCUT2D eigenvalue weighted by Crippen LogP contribution is -2.17. The summed E-state index contributed by atoms with van der Waals surface area (Å²) in [5.41, 5.74) is -0.873. The maximum absolute atomic E-state index is 11.5. The van der Waals surface area contributed by atoms with Crippen LogP contribution in [-0.2, 0) is 10.3 Å². The number of methoxy groups -OCH3 is 2. The third kappa shape index (κ3) is 2.68. The van der Waals surface area contributed by atoms with Crippen molar-refractivity contribution < 1.29 is 24.5 Å². The van der Waals surface area contributed by atoms with Crippen LogP contribution in [-0.4, -0.2) is 30.4 Å². The summed E-state index contributed by atoms with van der Waals surface area (Å²) in [6.07, 6.45) is 0. The van der Waals surface area contributed by atoms with Crippen LogP contribution in [0.4, 0.5) is 0 Å². The summed E-state index contributed by atoms with van der Waals surface area (Å²) in [6, 6.07) is 2.64. The number of hydrogen-bond acceptors (Lipinski definition) is 5. The van der Waals surface area contributed by atoms with Crippen LogP contribution in [0.3, 0.4) is 0 Å². The molecule has 0 radical (unpaired) electrons. The quantitative estimate of drug-likeness (QED) is 0.781. The van der Waals surface area contributed by atoms with E-state index in [9.17, 15) is 15.0 Å². The number of benzene rings is 1. The molecule has 0 amide bonds. The van der Waals surface area contributed by atoms with Crippen molar-refractivity contribution in [2.75, 3.05) is 14.2 Å². The van der Waals surface area contributed by atoms with Gasteiger partial charge in [0.25, 0.3) is 0 Å². The molecule has 0 spiro atoms. The number of phenols is 1. The van der Waals surface area contributed by atoms with Gasteiger partial charge in [-0.15, -0.1) is 0 Å². The molecule has 0 bridgehead atoms. The highest BCUT2D eigenvalue weighted by Crippen LogP contribution is 2.34. The predicted octanol–water partition coefficient (Wildman–Crippen LogP) is 1.41. The fourth-order valence-corrected chi connectivity index (χ4v) is 1.50. The smallest absolute Gasteiger partial charge is 0.341 e. The molecule has 1 aromatic carbocycles. The number of esters is 1. The van der Waals surface area contributed by atoms with Crippen molar-refractivity contribution in [1.29, 1.82) is 0 Å². The van der Waals surface area contributed by atoms with Crippen molar-refractivity contribution >= 4 is 5.97 Å². The van der Waals surface area contributed by atoms with Gasteiger partial charge in [0.15, 0.2) is 0 Å². The molecule has 5 nitrogen and oxygen atoms in total. The molecule has 0 aliphatic carbocycles. The molecule has 0 saturated heterocycles. The van der Waals surface area contributed by atoms with E-state index < -0.39 is 11.6 Å². The zero-order valence-corrected chi connectivity index (χ0v) is 10.3. The first kappa shape index (κ1) is 13.3. The van der Waals surface area contributed by atoms with Crippen LogP contribution in [0.5, 0.6) is 11.5 Å². The lowest BCUT2D eigenvalue weighted by molar-refractivity contribution is 0.0594. The van der Waals surface area contributed by atoms with Gasteiger partial charge < -0.3 is 19.7 Å². The first-order valence-corrected chi connectivity index (χ1v) is 5.03. The van der Waals surface area contributed by atoms with Crippen LogP contribution in [0.25, 0.3) is 0 Å². The molecular formula is C12H16O5. The average Bonchev–Trinajstić information content (AvgIpc) is 2.25. The van der Waals surface area contributed by atoms with E-state index in [0.29, 0.717) is 0 Å². The largest absolute Gasteiger partial charge is 0.507 e. The van der Waals surface area contributed by atoms with E-state index in [2.05, 4.69) is 4.74 Å². The van der Waals surface area contributed by atoms with Gasteiger partial charge in [-0.3, -0.25) is 0 Å². The highest BCUT2D eigenvalue weighted by atomic mass is 16.5. The Morgan fingerprint density at radius 1 is 1.29 bits per heavy atom. The predicted molar refractivity (Wildman–Crippen MR) is 61.2 cm³/mol. The number of phenolic OH excluding ortho intramolecular Hbond substituents is 1. The van der Waals surface area contributed by atoms with Gasteiger partial charge in [-0.1, -0.05) is 0 Å². The fourth-order valence-electron chi connectivity index (χ4n) is 1.50. The summed E-state index contributed by atoms with van der Waals surface area (Å²) < 4.78 is 9.58. The third-order valence-corrected chi connectivity index (χ3v) is 2.38. The minimum absolute atomic E-state index is 0.137. The first-order valence-electron chi connectivity index (χ1n) is 5.03. The molecule has 94 valence electrons. The standard InChI is InChI=1S/C12H16O5/c1-12(2,15)8-5-7(11(14)17-4)10(16-3)6-9(8)13/h5-6,13,15H,1-4H3. The molecule has 2 N–H and O–H groups in total. The van der Waals surface area contributed by atoms with Crippen molar-refractivity contribution in [3.63, 3.8) is 0 Å². The van der Waals surface area contributed by atoms with Crippen molar-refractivity contribution in [3.05, 3.63) is 23.3 Å². The molecule has 0 unspecified atom stereocenters. The van der Waals surface area contributed by atoms with Crippen molar-refractivity contribution in [1.82, 2.24) is 0 Å². The van der Waals surface area contributed by atoms with Crippen molar-refractivity contribution in [2.24, 2.45) is 0 Å². The summed E-state index contributed by atoms with van der Waals surface area (Å²) in [4.78, 5) is 11.5. The zero-order chi connectivity index (χ0) is 13.2. The molecule has 5 heteroatoms. The minimum Gasteiger partial charge on any atom is -0.507 e. The van der Waals surface area contributed by atoms with Gasteiger partial charge in [0, 0.05) is 11.6 Å². The van der Waals surface area contributed by atoms with E-state index in [0.717, 1.165) is 0 Å². The monoisotopic (exact) mass is 240 g/mol. The zero-order valence-electron chi connectivity index (χ0n) is 10.3. The van der Waals surface area contributed by atoms with E-state index in [1.807, 2.05) is 0 Å². The van der Waals surface area contributed by atoms with E-state index >= 15 is 0 Å². The van der Waals surface area contributed by atoms with Gasteiger partial charge in [0.2, 0.25) is 0 Å². The van der Waals surface area contributed by atoms with Crippen LogP contribution in [0.2, 0.25) is 0 Å². The van der Waals surface area contributed by atoms with Gasteiger partial charge in [-0.2, -0.15) is 0 Å². The van der Waals surface area contributed by atoms with E-state index in [1.165, 1.54) is 40.2 Å². The van der Waals surface area contributed by atoms with Gasteiger partial charge in [-0.05, 0) is 19.9 Å². The third-order valence-electron chi connectivity index (χ3n) is 2.38. The molecule has 0 fully saturated rings. The number of aromatic hydroxyl groups is 1. The first-order chi connectivity index (χ1) is 7.81. The van der Waals surface area contributed by atoms with E-state index in [4.69, 9.17) is 4.74 Å². The molecule has 0 aromatic heterocycles. The second kappa shape index (κ2) is 4.63. The summed E-state index contributed by atoms with van der Waals surface area (Å²) >= 11 is 0. The Balaban J connectivity index is 3.43. The molecule has 0 heterocycles. The Morgan fingerprint density at radius 2 is 1.88 bits per heavy atom. The lowest BCUT2D eigenvalue weighted by atomic mass is 9.95. The van der Waals surface area contributed by atoms with Crippen LogP contribution in [0, 0.1) is 0 Å². The Hall–Kier alpha value is -1.75. The Morgan fingerprint density at radius 3 is 2.29 bits per heavy atom. The second-order valence-corrected chi connectivity index (χ2v) is 4.12. The molecule has 0 aliphatic heterocycles. The van der Waals surface area contributed by atoms with Gasteiger partial charge >= 0.3 is 5.97 Å². The minimum atomic E-state index is -1.26. The van der Waals surface area contributed by atoms with E-state index in [-0.39, 0.29) is 22.6 Å². The highest BCUT2D eigenvalue weighted by Gasteiger charge is 2.25. The van der Waals surface area contributed by atoms with E-state index in [1.54, 1.807) is 0 Å². The van der Waals surface area contributed by atoms with Crippen LogP contribution < -0.4 is 4.74 Å². The van der Waals surface area contributed by atoms with Crippen molar-refractivity contribution in [3.8, 4) is 11.5 Å².